The molecule has 5 heteroatoms. The van der Waals surface area contributed by atoms with E-state index in [4.69, 9.17) is 0 Å². The zero-order valence-electron chi connectivity index (χ0n) is 10.2. The molecule has 98 valence electrons. The number of halogens is 1. The molecule has 0 bridgehead atoms. The molecular formula is C13H17BrN2O2. The van der Waals surface area contributed by atoms with Gasteiger partial charge in [0.05, 0.1) is 17.3 Å². The number of aromatic nitrogens is 1. The average Bonchev–Trinajstić information content (AvgIpc) is 2.40. The van der Waals surface area contributed by atoms with Gasteiger partial charge in [0.1, 0.15) is 5.75 Å². The highest BCUT2D eigenvalue weighted by atomic mass is 79.9. The number of aromatic hydroxyl groups is 1. The number of carbonyl (C=O) groups excluding carboxylic acids is 1. The standard InChI is InChI=1S/C13H17BrN2O2/c14-9-13(5-2-1-3-6-13)16-12(18)10-4-7-15-8-11(10)17/h4,7-8,17H,1-3,5-6,9H2,(H,16,18). The van der Waals surface area contributed by atoms with Crippen LogP contribution >= 0.6 is 15.9 Å². The third-order valence-corrected chi connectivity index (χ3v) is 4.56. The molecule has 0 atom stereocenters. The number of hydrogen-bond acceptors (Lipinski definition) is 3. The summed E-state index contributed by atoms with van der Waals surface area (Å²) < 4.78 is 0. The normalized spacial score (nSPS) is 18.3. The molecule has 0 radical (unpaired) electrons. The number of carbonyl (C=O) groups is 1. The van der Waals surface area contributed by atoms with E-state index in [9.17, 15) is 9.90 Å². The van der Waals surface area contributed by atoms with E-state index in [-0.39, 0.29) is 22.8 Å². The molecule has 18 heavy (non-hydrogen) atoms. The summed E-state index contributed by atoms with van der Waals surface area (Å²) in [6, 6.07) is 1.54. The first-order valence-corrected chi connectivity index (χ1v) is 7.30. The van der Waals surface area contributed by atoms with Gasteiger partial charge in [-0.05, 0) is 18.9 Å². The van der Waals surface area contributed by atoms with Gasteiger partial charge in [0, 0.05) is 11.5 Å². The van der Waals surface area contributed by atoms with E-state index in [1.807, 2.05) is 0 Å². The zero-order chi connectivity index (χ0) is 13.0. The second kappa shape index (κ2) is 5.69. The number of rotatable bonds is 3. The Morgan fingerprint density at radius 2 is 2.17 bits per heavy atom. The van der Waals surface area contributed by atoms with Crippen molar-refractivity contribution >= 4 is 21.8 Å². The Labute approximate surface area is 115 Å². The van der Waals surface area contributed by atoms with Crippen LogP contribution in [-0.2, 0) is 0 Å². The molecule has 0 saturated heterocycles. The first kappa shape index (κ1) is 13.3. The van der Waals surface area contributed by atoms with Crippen LogP contribution in [0.3, 0.4) is 0 Å². The van der Waals surface area contributed by atoms with Crippen LogP contribution in [0.4, 0.5) is 0 Å². The molecule has 1 aliphatic rings. The molecule has 1 amide bonds. The van der Waals surface area contributed by atoms with Gasteiger partial charge in [0.2, 0.25) is 0 Å². The fraction of sp³-hybridized carbons (Fsp3) is 0.538. The lowest BCUT2D eigenvalue weighted by molar-refractivity contribution is 0.0883. The number of pyridine rings is 1. The summed E-state index contributed by atoms with van der Waals surface area (Å²) in [4.78, 5) is 16.0. The third-order valence-electron chi connectivity index (χ3n) is 3.49. The number of amides is 1. The second-order valence-corrected chi connectivity index (χ2v) is 5.38. The van der Waals surface area contributed by atoms with Crippen LogP contribution in [-0.4, -0.2) is 26.9 Å². The highest BCUT2D eigenvalue weighted by molar-refractivity contribution is 9.09. The number of nitrogens with one attached hydrogen (secondary N) is 1. The summed E-state index contributed by atoms with van der Waals surface area (Å²) in [6.07, 6.45) is 8.26. The molecule has 1 aromatic rings. The maximum absolute atomic E-state index is 12.2. The van der Waals surface area contributed by atoms with Gasteiger partial charge >= 0.3 is 0 Å². The van der Waals surface area contributed by atoms with Gasteiger partial charge in [-0.25, -0.2) is 0 Å². The highest BCUT2D eigenvalue weighted by Crippen LogP contribution is 2.30. The lowest BCUT2D eigenvalue weighted by Gasteiger charge is -2.36. The van der Waals surface area contributed by atoms with Crippen molar-refractivity contribution in [2.45, 2.75) is 37.6 Å². The van der Waals surface area contributed by atoms with Gasteiger partial charge in [-0.1, -0.05) is 35.2 Å². The van der Waals surface area contributed by atoms with Gasteiger partial charge < -0.3 is 10.4 Å². The third kappa shape index (κ3) is 2.83. The van der Waals surface area contributed by atoms with Crippen LogP contribution in [0.2, 0.25) is 0 Å². The molecule has 0 unspecified atom stereocenters. The van der Waals surface area contributed by atoms with Gasteiger partial charge in [0.25, 0.3) is 5.91 Å². The van der Waals surface area contributed by atoms with Crippen molar-refractivity contribution in [2.24, 2.45) is 0 Å². The molecule has 1 saturated carbocycles. The molecule has 1 aromatic heterocycles. The summed E-state index contributed by atoms with van der Waals surface area (Å²) in [5, 5.41) is 13.4. The summed E-state index contributed by atoms with van der Waals surface area (Å²) in [5.74, 6) is -0.299. The Morgan fingerprint density at radius 1 is 1.44 bits per heavy atom. The second-order valence-electron chi connectivity index (χ2n) is 4.82. The minimum Gasteiger partial charge on any atom is -0.505 e. The van der Waals surface area contributed by atoms with Gasteiger partial charge in [-0.3, -0.25) is 9.78 Å². The molecule has 4 nitrogen and oxygen atoms in total. The van der Waals surface area contributed by atoms with E-state index in [0.29, 0.717) is 0 Å². The monoisotopic (exact) mass is 312 g/mol. The lowest BCUT2D eigenvalue weighted by Crippen LogP contribution is -2.51. The van der Waals surface area contributed by atoms with Crippen molar-refractivity contribution in [1.82, 2.24) is 10.3 Å². The minimum absolute atomic E-state index is 0.0736. The van der Waals surface area contributed by atoms with Crippen LogP contribution in [0.5, 0.6) is 5.75 Å². The Morgan fingerprint density at radius 3 is 2.78 bits per heavy atom. The Bertz CT molecular complexity index is 431. The number of nitrogens with zero attached hydrogens (tertiary/aromatic N) is 1. The SMILES string of the molecule is O=C(NC1(CBr)CCCCC1)c1ccncc1O. The zero-order valence-corrected chi connectivity index (χ0v) is 11.7. The summed E-state index contributed by atoms with van der Waals surface area (Å²) in [5.41, 5.74) is 0.112. The summed E-state index contributed by atoms with van der Waals surface area (Å²) >= 11 is 3.50. The van der Waals surface area contributed by atoms with Gasteiger partial charge in [0.15, 0.2) is 0 Å². The van der Waals surface area contributed by atoms with E-state index in [2.05, 4.69) is 26.2 Å². The van der Waals surface area contributed by atoms with Crippen molar-refractivity contribution < 1.29 is 9.90 Å². The number of hydrogen-bond donors (Lipinski definition) is 2. The maximum Gasteiger partial charge on any atom is 0.255 e. The van der Waals surface area contributed by atoms with Crippen LogP contribution in [0.15, 0.2) is 18.5 Å². The lowest BCUT2D eigenvalue weighted by atomic mass is 9.83. The molecule has 0 aliphatic heterocycles. The Hall–Kier alpha value is -1.10. The minimum atomic E-state index is -0.226. The van der Waals surface area contributed by atoms with E-state index in [1.165, 1.54) is 24.9 Å². The molecule has 2 N–H and O–H groups in total. The van der Waals surface area contributed by atoms with Crippen molar-refractivity contribution in [1.29, 1.82) is 0 Å². The van der Waals surface area contributed by atoms with E-state index >= 15 is 0 Å². The van der Waals surface area contributed by atoms with Crippen molar-refractivity contribution in [3.63, 3.8) is 0 Å². The summed E-state index contributed by atoms with van der Waals surface area (Å²) in [6.45, 7) is 0. The Kier molecular flexibility index (Phi) is 4.22. The molecular weight excluding hydrogens is 296 g/mol. The predicted octanol–water partition coefficient (Wildman–Crippen LogP) is 2.61. The van der Waals surface area contributed by atoms with Crippen LogP contribution in [0.25, 0.3) is 0 Å². The first-order chi connectivity index (χ1) is 8.67. The average molecular weight is 313 g/mol. The van der Waals surface area contributed by atoms with Gasteiger partial charge in [-0.2, -0.15) is 0 Å². The van der Waals surface area contributed by atoms with Crippen molar-refractivity contribution in [3.05, 3.63) is 24.0 Å². The first-order valence-electron chi connectivity index (χ1n) is 6.18. The number of alkyl halides is 1. The predicted molar refractivity (Wildman–Crippen MR) is 73.0 cm³/mol. The van der Waals surface area contributed by atoms with Crippen LogP contribution in [0.1, 0.15) is 42.5 Å². The van der Waals surface area contributed by atoms with Crippen LogP contribution < -0.4 is 5.32 Å². The summed E-state index contributed by atoms with van der Waals surface area (Å²) in [7, 11) is 0. The van der Waals surface area contributed by atoms with E-state index < -0.39 is 0 Å². The molecule has 2 rings (SSSR count). The Balaban J connectivity index is 2.13. The van der Waals surface area contributed by atoms with E-state index in [1.54, 1.807) is 0 Å². The molecule has 1 aliphatic carbocycles. The topological polar surface area (TPSA) is 62.2 Å². The molecule has 1 fully saturated rings. The fourth-order valence-corrected chi connectivity index (χ4v) is 3.11. The van der Waals surface area contributed by atoms with Crippen molar-refractivity contribution in [2.75, 3.05) is 5.33 Å². The van der Waals surface area contributed by atoms with Gasteiger partial charge in [-0.15, -0.1) is 0 Å². The molecule has 1 heterocycles. The fourth-order valence-electron chi connectivity index (χ4n) is 2.41. The van der Waals surface area contributed by atoms with Crippen LogP contribution in [0, 0.1) is 0 Å². The highest BCUT2D eigenvalue weighted by Gasteiger charge is 2.33. The smallest absolute Gasteiger partial charge is 0.255 e. The van der Waals surface area contributed by atoms with E-state index in [0.717, 1.165) is 31.0 Å². The van der Waals surface area contributed by atoms with Crippen molar-refractivity contribution in [3.8, 4) is 5.75 Å². The maximum atomic E-state index is 12.2. The molecule has 0 aromatic carbocycles. The largest absolute Gasteiger partial charge is 0.505 e. The molecule has 0 spiro atoms. The quantitative estimate of drug-likeness (QED) is 0.843.